The summed E-state index contributed by atoms with van der Waals surface area (Å²) in [6.45, 7) is 4.42. The third kappa shape index (κ3) is 6.27. The predicted octanol–water partition coefficient (Wildman–Crippen LogP) is 3.83. The van der Waals surface area contributed by atoms with Gasteiger partial charge in [0.25, 0.3) is 5.91 Å². The molecule has 0 radical (unpaired) electrons. The normalized spacial score (nSPS) is 10.1. The molecule has 154 valence electrons. The van der Waals surface area contributed by atoms with Crippen LogP contribution in [0.4, 0.5) is 11.4 Å². The van der Waals surface area contributed by atoms with E-state index < -0.39 is 0 Å². The van der Waals surface area contributed by atoms with Gasteiger partial charge < -0.3 is 25.1 Å². The van der Waals surface area contributed by atoms with Gasteiger partial charge in [-0.1, -0.05) is 18.7 Å². The van der Waals surface area contributed by atoms with E-state index >= 15 is 0 Å². The molecule has 3 aromatic rings. The van der Waals surface area contributed by atoms with Crippen molar-refractivity contribution in [2.75, 3.05) is 23.8 Å². The van der Waals surface area contributed by atoms with Crippen molar-refractivity contribution in [2.24, 2.45) is 0 Å². The van der Waals surface area contributed by atoms with Gasteiger partial charge in [-0.15, -0.1) is 0 Å². The number of nitrogens with one attached hydrogen (secondary N) is 3. The molecule has 0 spiro atoms. The van der Waals surface area contributed by atoms with Crippen LogP contribution in [-0.2, 0) is 11.3 Å². The number of rotatable bonds is 10. The molecule has 0 aliphatic heterocycles. The lowest BCUT2D eigenvalue weighted by molar-refractivity contribution is -0.114. The highest BCUT2D eigenvalue weighted by molar-refractivity contribution is 5.98. The Morgan fingerprint density at radius 3 is 2.60 bits per heavy atom. The van der Waals surface area contributed by atoms with Gasteiger partial charge in [-0.05, 0) is 54.6 Å². The Bertz CT molecular complexity index is 982. The van der Waals surface area contributed by atoms with Gasteiger partial charge >= 0.3 is 0 Å². The molecule has 7 heteroatoms. The van der Waals surface area contributed by atoms with E-state index in [1.807, 2.05) is 24.3 Å². The first-order valence-corrected chi connectivity index (χ1v) is 9.42. The summed E-state index contributed by atoms with van der Waals surface area (Å²) >= 11 is 0. The zero-order chi connectivity index (χ0) is 21.2. The molecule has 0 aliphatic carbocycles. The van der Waals surface area contributed by atoms with Crippen molar-refractivity contribution in [3.05, 3.63) is 90.9 Å². The quantitative estimate of drug-likeness (QED) is 0.446. The molecule has 0 bridgehead atoms. The van der Waals surface area contributed by atoms with E-state index in [1.54, 1.807) is 48.7 Å². The Kier molecular flexibility index (Phi) is 7.27. The van der Waals surface area contributed by atoms with E-state index in [4.69, 9.17) is 9.15 Å². The minimum absolute atomic E-state index is 0.0851. The Hall–Kier alpha value is -4.00. The molecule has 7 nitrogen and oxygen atoms in total. The van der Waals surface area contributed by atoms with Crippen molar-refractivity contribution >= 4 is 23.2 Å². The lowest BCUT2D eigenvalue weighted by atomic mass is 10.2. The van der Waals surface area contributed by atoms with Crippen LogP contribution in [0.3, 0.4) is 0 Å². The van der Waals surface area contributed by atoms with E-state index in [1.165, 1.54) is 0 Å². The highest BCUT2D eigenvalue weighted by Crippen LogP contribution is 2.16. The van der Waals surface area contributed by atoms with Gasteiger partial charge in [0.15, 0.2) is 0 Å². The van der Waals surface area contributed by atoms with Gasteiger partial charge in [0, 0.05) is 16.9 Å². The first kappa shape index (κ1) is 20.7. The van der Waals surface area contributed by atoms with Crippen LogP contribution in [0.25, 0.3) is 0 Å². The molecular weight excluding hydrogens is 382 g/mol. The minimum atomic E-state index is -0.251. The van der Waals surface area contributed by atoms with Crippen molar-refractivity contribution in [3.63, 3.8) is 0 Å². The molecule has 30 heavy (non-hydrogen) atoms. The summed E-state index contributed by atoms with van der Waals surface area (Å²) < 4.78 is 10.6. The molecule has 1 aromatic heterocycles. The van der Waals surface area contributed by atoms with Crippen LogP contribution in [0.2, 0.25) is 0 Å². The summed E-state index contributed by atoms with van der Waals surface area (Å²) in [6.07, 6.45) is 3.23. The van der Waals surface area contributed by atoms with Crippen molar-refractivity contribution in [3.8, 4) is 5.75 Å². The van der Waals surface area contributed by atoms with Crippen LogP contribution in [0.1, 0.15) is 16.1 Å². The second-order valence-corrected chi connectivity index (χ2v) is 6.37. The monoisotopic (exact) mass is 405 g/mol. The highest BCUT2D eigenvalue weighted by atomic mass is 16.5. The first-order chi connectivity index (χ1) is 14.6. The number of carbonyl (C=O) groups is 2. The van der Waals surface area contributed by atoms with Crippen LogP contribution in [0.15, 0.2) is 84.0 Å². The van der Waals surface area contributed by atoms with Crippen LogP contribution in [0, 0.1) is 0 Å². The SMILES string of the molecule is C=CCOc1ccc(NCC(=O)Nc2cccc(C(=O)NCc3ccco3)c2)cc1. The molecule has 0 saturated heterocycles. The topological polar surface area (TPSA) is 92.6 Å². The average molecular weight is 405 g/mol. The van der Waals surface area contributed by atoms with Crippen LogP contribution < -0.4 is 20.7 Å². The Labute approximate surface area is 174 Å². The summed E-state index contributed by atoms with van der Waals surface area (Å²) in [4.78, 5) is 24.5. The number of amides is 2. The van der Waals surface area contributed by atoms with E-state index in [2.05, 4.69) is 22.5 Å². The van der Waals surface area contributed by atoms with Gasteiger partial charge in [-0.25, -0.2) is 0 Å². The molecule has 0 aliphatic rings. The summed E-state index contributed by atoms with van der Waals surface area (Å²) in [7, 11) is 0. The maximum Gasteiger partial charge on any atom is 0.251 e. The minimum Gasteiger partial charge on any atom is -0.490 e. The fourth-order valence-electron chi connectivity index (χ4n) is 2.63. The zero-order valence-corrected chi connectivity index (χ0v) is 16.4. The molecule has 2 aromatic carbocycles. The zero-order valence-electron chi connectivity index (χ0n) is 16.4. The van der Waals surface area contributed by atoms with Gasteiger partial charge in [-0.2, -0.15) is 0 Å². The van der Waals surface area contributed by atoms with E-state index in [-0.39, 0.29) is 18.4 Å². The van der Waals surface area contributed by atoms with Gasteiger partial charge in [-0.3, -0.25) is 9.59 Å². The summed E-state index contributed by atoms with van der Waals surface area (Å²) in [5.74, 6) is 0.917. The fraction of sp³-hybridized carbons (Fsp3) is 0.130. The second kappa shape index (κ2) is 10.5. The Morgan fingerprint density at radius 2 is 1.87 bits per heavy atom. The third-order valence-corrected chi connectivity index (χ3v) is 4.09. The maximum absolute atomic E-state index is 12.3. The second-order valence-electron chi connectivity index (χ2n) is 6.37. The molecule has 0 saturated carbocycles. The molecule has 3 rings (SSSR count). The van der Waals surface area contributed by atoms with E-state index in [9.17, 15) is 9.59 Å². The fourth-order valence-corrected chi connectivity index (χ4v) is 2.63. The maximum atomic E-state index is 12.3. The number of hydrogen-bond acceptors (Lipinski definition) is 5. The van der Waals surface area contributed by atoms with E-state index in [0.717, 1.165) is 11.4 Å². The standard InChI is InChI=1S/C23H23N3O4/c1-2-12-29-20-10-8-18(9-11-20)24-16-22(27)26-19-6-3-5-17(14-19)23(28)25-15-21-7-4-13-30-21/h2-11,13-14,24H,1,12,15-16H2,(H,25,28)(H,26,27). The van der Waals surface area contributed by atoms with Gasteiger partial charge in [0.1, 0.15) is 18.1 Å². The third-order valence-electron chi connectivity index (χ3n) is 4.09. The number of hydrogen-bond donors (Lipinski definition) is 3. The van der Waals surface area contributed by atoms with Crippen molar-refractivity contribution in [1.82, 2.24) is 5.32 Å². The lowest BCUT2D eigenvalue weighted by Gasteiger charge is -2.10. The molecule has 2 amide bonds. The summed E-state index contributed by atoms with van der Waals surface area (Å²) in [5, 5.41) is 8.60. The van der Waals surface area contributed by atoms with Crippen molar-refractivity contribution in [1.29, 1.82) is 0 Å². The smallest absolute Gasteiger partial charge is 0.251 e. The molecular formula is C23H23N3O4. The lowest BCUT2D eigenvalue weighted by Crippen LogP contribution is -2.24. The van der Waals surface area contributed by atoms with Crippen LogP contribution in [0.5, 0.6) is 5.75 Å². The van der Waals surface area contributed by atoms with Gasteiger partial charge in [0.05, 0.1) is 19.4 Å². The van der Waals surface area contributed by atoms with Crippen molar-refractivity contribution in [2.45, 2.75) is 6.54 Å². The van der Waals surface area contributed by atoms with Crippen LogP contribution in [-0.4, -0.2) is 25.0 Å². The number of ether oxygens (including phenoxy) is 1. The number of anilines is 2. The molecule has 3 N–H and O–H groups in total. The number of carbonyl (C=O) groups excluding carboxylic acids is 2. The molecule has 0 atom stereocenters. The van der Waals surface area contributed by atoms with Crippen LogP contribution >= 0.6 is 0 Å². The largest absolute Gasteiger partial charge is 0.490 e. The number of furan rings is 1. The Morgan fingerprint density at radius 1 is 1.03 bits per heavy atom. The van der Waals surface area contributed by atoms with Gasteiger partial charge in [0.2, 0.25) is 5.91 Å². The summed E-state index contributed by atoms with van der Waals surface area (Å²) in [5.41, 5.74) is 1.78. The molecule has 1 heterocycles. The van der Waals surface area contributed by atoms with E-state index in [0.29, 0.717) is 30.2 Å². The Balaban J connectivity index is 1.48. The molecule has 0 unspecified atom stereocenters. The average Bonchev–Trinajstić information content (AvgIpc) is 3.29. The highest BCUT2D eigenvalue weighted by Gasteiger charge is 2.09. The first-order valence-electron chi connectivity index (χ1n) is 9.42. The predicted molar refractivity (Wildman–Crippen MR) is 116 cm³/mol. The molecule has 0 fully saturated rings. The summed E-state index contributed by atoms with van der Waals surface area (Å²) in [6, 6.07) is 17.6. The number of benzene rings is 2. The van der Waals surface area contributed by atoms with Crippen molar-refractivity contribution < 1.29 is 18.7 Å².